The summed E-state index contributed by atoms with van der Waals surface area (Å²) in [6.07, 6.45) is -13.7. The minimum absolute atomic E-state index is 0.608. The molecule has 22 heavy (non-hydrogen) atoms. The average molecular weight is 355 g/mol. The highest BCUT2D eigenvalue weighted by atomic mass is 35.5. The molecule has 2 nitrogen and oxygen atoms in total. The predicted molar refractivity (Wildman–Crippen MR) is 62.7 cm³/mol. The second kappa shape index (κ2) is 5.98. The van der Waals surface area contributed by atoms with E-state index in [0.717, 1.165) is 13.8 Å². The van der Waals surface area contributed by atoms with Crippen LogP contribution in [0.4, 0.5) is 40.8 Å². The van der Waals surface area contributed by atoms with Crippen molar-refractivity contribution in [3.05, 3.63) is 22.5 Å². The van der Waals surface area contributed by atoms with E-state index in [1.54, 1.807) is 0 Å². The van der Waals surface area contributed by atoms with Crippen LogP contribution in [0.2, 0.25) is 0 Å². The molecule has 0 aliphatic rings. The first kappa shape index (κ1) is 18.6. The fourth-order valence-electron chi connectivity index (χ4n) is 1.62. The Morgan fingerprint density at radius 3 is 1.91 bits per heavy atom. The molecule has 1 rings (SSSR count). The van der Waals surface area contributed by atoms with Crippen molar-refractivity contribution in [2.24, 2.45) is 4.99 Å². The zero-order valence-electron chi connectivity index (χ0n) is 10.9. The van der Waals surface area contributed by atoms with E-state index in [0.29, 0.717) is 0 Å². The molecule has 1 aromatic rings. The fraction of sp³-hybridized carbons (Fsp3) is 0.455. The highest BCUT2D eigenvalue weighted by molar-refractivity contribution is 6.67. The van der Waals surface area contributed by atoms with Gasteiger partial charge >= 0.3 is 12.4 Å². The topological polar surface area (TPSA) is 25.2 Å². The molecule has 0 N–H and O–H groups in total. The molecule has 124 valence electrons. The second-order valence-corrected chi connectivity index (χ2v) is 4.50. The summed E-state index contributed by atoms with van der Waals surface area (Å²) in [6, 6.07) is 0. The molecule has 0 atom stereocenters. The van der Waals surface area contributed by atoms with Gasteiger partial charge in [-0.1, -0.05) is 11.6 Å². The molecular formula is C11H7ClF8N2. The molecule has 1 heterocycles. The minimum atomic E-state index is -5.13. The van der Waals surface area contributed by atoms with Crippen molar-refractivity contribution < 1.29 is 35.1 Å². The Balaban J connectivity index is 3.73. The van der Waals surface area contributed by atoms with Crippen LogP contribution in [0.1, 0.15) is 28.9 Å². The Hall–Kier alpha value is -1.45. The van der Waals surface area contributed by atoms with Crippen molar-refractivity contribution in [3.63, 3.8) is 0 Å². The zero-order valence-corrected chi connectivity index (χ0v) is 11.6. The zero-order chi connectivity index (χ0) is 17.5. The Morgan fingerprint density at radius 2 is 1.55 bits per heavy atom. The van der Waals surface area contributed by atoms with Crippen LogP contribution in [-0.2, 0) is 6.18 Å². The Bertz CT molecular complexity index is 604. The number of pyridine rings is 1. The maximum absolute atomic E-state index is 12.8. The van der Waals surface area contributed by atoms with Crippen LogP contribution >= 0.6 is 11.6 Å². The third kappa shape index (κ3) is 3.84. The molecule has 0 aliphatic carbocycles. The summed E-state index contributed by atoms with van der Waals surface area (Å²) in [7, 11) is 0. The highest BCUT2D eigenvalue weighted by Crippen LogP contribution is 2.40. The number of rotatable bonds is 2. The predicted octanol–water partition coefficient (Wildman–Crippen LogP) is 5.49. The first-order chi connectivity index (χ1) is 9.76. The molecule has 0 saturated heterocycles. The van der Waals surface area contributed by atoms with Crippen LogP contribution < -0.4 is 0 Å². The van der Waals surface area contributed by atoms with Gasteiger partial charge in [0.25, 0.3) is 6.43 Å². The minimum Gasteiger partial charge on any atom is -0.242 e. The van der Waals surface area contributed by atoms with Crippen molar-refractivity contribution in [1.82, 2.24) is 4.98 Å². The van der Waals surface area contributed by atoms with Gasteiger partial charge in [0.15, 0.2) is 0 Å². The quantitative estimate of drug-likeness (QED) is 0.509. The lowest BCUT2D eigenvalue weighted by atomic mass is 10.1. The molecule has 0 unspecified atom stereocenters. The molecule has 1 aromatic heterocycles. The molecule has 0 radical (unpaired) electrons. The second-order valence-electron chi connectivity index (χ2n) is 4.14. The van der Waals surface area contributed by atoms with Crippen LogP contribution in [0.25, 0.3) is 0 Å². The van der Waals surface area contributed by atoms with Crippen LogP contribution in [0, 0.1) is 13.8 Å². The number of hydrogen-bond donors (Lipinski definition) is 0. The average Bonchev–Trinajstić information content (AvgIpc) is 2.30. The maximum atomic E-state index is 12.8. The summed E-state index contributed by atoms with van der Waals surface area (Å²) >= 11 is 4.87. The molecule has 0 aliphatic heterocycles. The SMILES string of the molecule is Cc1c(C(F)F)nc(C(F)(F)F)c(C)c1N=C(Cl)C(F)(F)F. The van der Waals surface area contributed by atoms with Gasteiger partial charge in [-0.25, -0.2) is 18.8 Å². The van der Waals surface area contributed by atoms with Gasteiger partial charge in [-0.2, -0.15) is 26.3 Å². The lowest BCUT2D eigenvalue weighted by molar-refractivity contribution is -0.141. The number of hydrogen-bond acceptors (Lipinski definition) is 2. The Labute approximate surface area is 123 Å². The van der Waals surface area contributed by atoms with Gasteiger partial charge in [-0.05, 0) is 13.8 Å². The lowest BCUT2D eigenvalue weighted by Gasteiger charge is -2.17. The molecule has 0 amide bonds. The molecule has 0 spiro atoms. The molecule has 0 fully saturated rings. The fourth-order valence-corrected chi connectivity index (χ4v) is 1.71. The van der Waals surface area contributed by atoms with Gasteiger partial charge in [0, 0.05) is 11.1 Å². The Kier molecular flexibility index (Phi) is 5.05. The Morgan fingerprint density at radius 1 is 1.05 bits per heavy atom. The van der Waals surface area contributed by atoms with Gasteiger partial charge in [-0.3, -0.25) is 0 Å². The third-order valence-corrected chi connectivity index (χ3v) is 2.90. The van der Waals surface area contributed by atoms with Crippen LogP contribution in [0.3, 0.4) is 0 Å². The number of aliphatic imine (C=N–C) groups is 1. The van der Waals surface area contributed by atoms with E-state index < -0.39 is 52.2 Å². The third-order valence-electron chi connectivity index (χ3n) is 2.60. The van der Waals surface area contributed by atoms with Crippen molar-refractivity contribution in [2.75, 3.05) is 0 Å². The van der Waals surface area contributed by atoms with E-state index in [2.05, 4.69) is 9.98 Å². The van der Waals surface area contributed by atoms with Crippen LogP contribution in [0.15, 0.2) is 4.99 Å². The first-order valence-corrected chi connectivity index (χ1v) is 5.82. The monoisotopic (exact) mass is 354 g/mol. The van der Waals surface area contributed by atoms with Crippen molar-refractivity contribution in [3.8, 4) is 0 Å². The molecule has 0 bridgehead atoms. The summed E-state index contributed by atoms with van der Waals surface area (Å²) in [6.45, 7) is 1.67. The molecule has 0 aromatic carbocycles. The number of aromatic nitrogens is 1. The largest absolute Gasteiger partial charge is 0.444 e. The summed E-state index contributed by atoms with van der Waals surface area (Å²) in [4.78, 5) is 5.63. The van der Waals surface area contributed by atoms with Gasteiger partial charge in [-0.15, -0.1) is 0 Å². The van der Waals surface area contributed by atoms with E-state index in [-0.39, 0.29) is 0 Å². The smallest absolute Gasteiger partial charge is 0.242 e. The summed E-state index contributed by atoms with van der Waals surface area (Å²) < 4.78 is 101. The lowest BCUT2D eigenvalue weighted by Crippen LogP contribution is -2.18. The standard InChI is InChI=1S/C11H7ClF8N2/c1-3-5(22-9(12)11(18,19)20)4(2)7(10(15,16)17)21-6(3)8(13)14/h8H,1-2H3. The van der Waals surface area contributed by atoms with Crippen molar-refractivity contribution in [2.45, 2.75) is 32.6 Å². The van der Waals surface area contributed by atoms with Crippen LogP contribution in [-0.4, -0.2) is 16.3 Å². The summed E-state index contributed by atoms with van der Waals surface area (Å²) in [5.41, 5.74) is -5.40. The van der Waals surface area contributed by atoms with Gasteiger partial charge in [0.05, 0.1) is 5.69 Å². The van der Waals surface area contributed by atoms with E-state index >= 15 is 0 Å². The van der Waals surface area contributed by atoms with E-state index in [1.807, 2.05) is 0 Å². The summed E-state index contributed by atoms with van der Waals surface area (Å²) in [5, 5.41) is -1.97. The normalized spacial score (nSPS) is 13.9. The van der Waals surface area contributed by atoms with E-state index in [9.17, 15) is 35.1 Å². The van der Waals surface area contributed by atoms with Gasteiger partial charge in [0.2, 0.25) is 5.17 Å². The molecule has 11 heteroatoms. The molecule has 0 saturated carbocycles. The van der Waals surface area contributed by atoms with Crippen molar-refractivity contribution >= 4 is 22.5 Å². The highest BCUT2D eigenvalue weighted by Gasteiger charge is 2.39. The number of nitrogens with zero attached hydrogens (tertiary/aromatic N) is 2. The molecular weight excluding hydrogens is 348 g/mol. The summed E-state index contributed by atoms with van der Waals surface area (Å²) in [5.74, 6) is 0. The van der Waals surface area contributed by atoms with Crippen molar-refractivity contribution in [1.29, 1.82) is 0 Å². The van der Waals surface area contributed by atoms with Crippen LogP contribution in [0.5, 0.6) is 0 Å². The number of halogens is 9. The van der Waals surface area contributed by atoms with E-state index in [4.69, 9.17) is 11.6 Å². The maximum Gasteiger partial charge on any atom is 0.444 e. The van der Waals surface area contributed by atoms with Gasteiger partial charge in [0.1, 0.15) is 11.4 Å². The van der Waals surface area contributed by atoms with Gasteiger partial charge < -0.3 is 0 Å². The number of alkyl halides is 8. The first-order valence-electron chi connectivity index (χ1n) is 5.44. The van der Waals surface area contributed by atoms with E-state index in [1.165, 1.54) is 0 Å².